The maximum absolute atomic E-state index is 12.6. The van der Waals surface area contributed by atoms with Gasteiger partial charge >= 0.3 is 0 Å². The van der Waals surface area contributed by atoms with Crippen LogP contribution >= 0.6 is 0 Å². The highest BCUT2D eigenvalue weighted by atomic mass is 16.5. The Morgan fingerprint density at radius 2 is 2.13 bits per heavy atom. The summed E-state index contributed by atoms with van der Waals surface area (Å²) in [7, 11) is 3.42. The molecule has 0 radical (unpaired) electrons. The van der Waals surface area contributed by atoms with E-state index in [4.69, 9.17) is 4.74 Å². The van der Waals surface area contributed by atoms with E-state index in [0.717, 1.165) is 38.1 Å². The smallest absolute Gasteiger partial charge is 0.273 e. The number of carbonyl (C=O) groups excluding carboxylic acids is 1. The highest BCUT2D eigenvalue weighted by Gasteiger charge is 2.26. The van der Waals surface area contributed by atoms with Gasteiger partial charge in [0.25, 0.3) is 5.91 Å². The number of methoxy groups -OCH3 is 1. The fourth-order valence-electron chi connectivity index (χ4n) is 3.16. The lowest BCUT2D eigenvalue weighted by Crippen LogP contribution is -2.41. The standard InChI is InChI=1S/C17H22N4O2/c1-20-16(11-18-19-20)17(22)21-9-3-4-14(12-21)10-13-5-7-15(23-2)8-6-13/h5-8,11,14H,3-4,9-10,12H2,1-2H3. The zero-order chi connectivity index (χ0) is 16.2. The molecule has 6 heteroatoms. The topological polar surface area (TPSA) is 60.2 Å². The van der Waals surface area contributed by atoms with E-state index in [1.165, 1.54) is 16.4 Å². The molecule has 0 saturated carbocycles. The number of piperidine rings is 1. The lowest BCUT2D eigenvalue weighted by atomic mass is 9.91. The van der Waals surface area contributed by atoms with E-state index in [-0.39, 0.29) is 5.91 Å². The number of aromatic nitrogens is 3. The number of aryl methyl sites for hydroxylation is 1. The van der Waals surface area contributed by atoms with E-state index in [1.807, 2.05) is 17.0 Å². The quantitative estimate of drug-likeness (QED) is 0.865. The average Bonchev–Trinajstić information content (AvgIpc) is 3.01. The molecule has 1 fully saturated rings. The third-order valence-corrected chi connectivity index (χ3v) is 4.42. The summed E-state index contributed by atoms with van der Waals surface area (Å²) in [5.41, 5.74) is 1.84. The Bertz CT molecular complexity index is 665. The van der Waals surface area contributed by atoms with Crippen molar-refractivity contribution in [3.8, 4) is 5.75 Å². The van der Waals surface area contributed by atoms with Gasteiger partial charge in [-0.05, 0) is 42.9 Å². The van der Waals surface area contributed by atoms with E-state index in [1.54, 1.807) is 14.2 Å². The molecule has 6 nitrogen and oxygen atoms in total. The van der Waals surface area contributed by atoms with Gasteiger partial charge in [-0.3, -0.25) is 4.79 Å². The van der Waals surface area contributed by atoms with Crippen molar-refractivity contribution in [2.75, 3.05) is 20.2 Å². The summed E-state index contributed by atoms with van der Waals surface area (Å²) in [5.74, 6) is 1.39. The van der Waals surface area contributed by atoms with Crippen LogP contribution in [-0.4, -0.2) is 46.0 Å². The fourth-order valence-corrected chi connectivity index (χ4v) is 3.16. The number of nitrogens with zero attached hydrogens (tertiary/aromatic N) is 4. The molecule has 1 aromatic carbocycles. The van der Waals surface area contributed by atoms with E-state index in [9.17, 15) is 4.79 Å². The number of benzene rings is 1. The van der Waals surface area contributed by atoms with E-state index < -0.39 is 0 Å². The number of hydrogen-bond acceptors (Lipinski definition) is 4. The molecule has 2 heterocycles. The summed E-state index contributed by atoms with van der Waals surface area (Å²) in [6.45, 7) is 1.60. The van der Waals surface area contributed by atoms with Crippen LogP contribution in [0.3, 0.4) is 0 Å². The van der Waals surface area contributed by atoms with Crippen LogP contribution in [0.15, 0.2) is 30.5 Å². The van der Waals surface area contributed by atoms with Crippen molar-refractivity contribution in [3.63, 3.8) is 0 Å². The van der Waals surface area contributed by atoms with Gasteiger partial charge in [-0.15, -0.1) is 5.10 Å². The summed E-state index contributed by atoms with van der Waals surface area (Å²) in [4.78, 5) is 14.5. The molecule has 1 atom stereocenters. The number of hydrogen-bond donors (Lipinski definition) is 0. The maximum Gasteiger partial charge on any atom is 0.273 e. The molecular weight excluding hydrogens is 292 g/mol. The molecule has 23 heavy (non-hydrogen) atoms. The van der Waals surface area contributed by atoms with Gasteiger partial charge in [0.05, 0.1) is 13.3 Å². The van der Waals surface area contributed by atoms with Gasteiger partial charge in [0.2, 0.25) is 0 Å². The van der Waals surface area contributed by atoms with Gasteiger partial charge in [-0.2, -0.15) is 0 Å². The summed E-state index contributed by atoms with van der Waals surface area (Å²) in [5, 5.41) is 7.64. The number of rotatable bonds is 4. The summed E-state index contributed by atoms with van der Waals surface area (Å²) in [6, 6.07) is 8.18. The van der Waals surface area contributed by atoms with Gasteiger partial charge in [-0.25, -0.2) is 4.68 Å². The molecule has 1 unspecified atom stereocenters. The Morgan fingerprint density at radius 1 is 1.35 bits per heavy atom. The Morgan fingerprint density at radius 3 is 2.78 bits per heavy atom. The van der Waals surface area contributed by atoms with E-state index >= 15 is 0 Å². The molecule has 1 aliphatic heterocycles. The second-order valence-corrected chi connectivity index (χ2v) is 6.05. The minimum atomic E-state index is 0.0249. The van der Waals surface area contributed by atoms with E-state index in [2.05, 4.69) is 22.4 Å². The minimum absolute atomic E-state index is 0.0249. The molecule has 0 N–H and O–H groups in total. The molecule has 2 aromatic rings. The van der Waals surface area contributed by atoms with Crippen molar-refractivity contribution in [1.82, 2.24) is 19.9 Å². The number of carbonyl (C=O) groups is 1. The molecule has 0 spiro atoms. The number of ether oxygens (including phenoxy) is 1. The second-order valence-electron chi connectivity index (χ2n) is 6.05. The Hall–Kier alpha value is -2.37. The zero-order valence-electron chi connectivity index (χ0n) is 13.6. The Kier molecular flexibility index (Phi) is 4.60. The van der Waals surface area contributed by atoms with Crippen molar-refractivity contribution < 1.29 is 9.53 Å². The normalized spacial score (nSPS) is 18.0. The van der Waals surface area contributed by atoms with Crippen LogP contribution < -0.4 is 4.74 Å². The monoisotopic (exact) mass is 314 g/mol. The third-order valence-electron chi connectivity index (χ3n) is 4.42. The summed E-state index contributed by atoms with van der Waals surface area (Å²) >= 11 is 0. The summed E-state index contributed by atoms with van der Waals surface area (Å²) in [6.07, 6.45) is 4.71. The Labute approximate surface area is 136 Å². The van der Waals surface area contributed by atoms with Crippen molar-refractivity contribution in [2.24, 2.45) is 13.0 Å². The number of likely N-dealkylation sites (tertiary alicyclic amines) is 1. The Balaban J connectivity index is 1.63. The van der Waals surface area contributed by atoms with Crippen molar-refractivity contribution in [3.05, 3.63) is 41.7 Å². The molecule has 0 bridgehead atoms. The van der Waals surface area contributed by atoms with Crippen LogP contribution in [-0.2, 0) is 13.5 Å². The lowest BCUT2D eigenvalue weighted by molar-refractivity contribution is 0.0662. The first-order valence-corrected chi connectivity index (χ1v) is 7.94. The zero-order valence-corrected chi connectivity index (χ0v) is 13.6. The van der Waals surface area contributed by atoms with Crippen molar-refractivity contribution in [1.29, 1.82) is 0 Å². The van der Waals surface area contributed by atoms with Crippen LogP contribution in [0.4, 0.5) is 0 Å². The molecule has 1 aliphatic rings. The lowest BCUT2D eigenvalue weighted by Gasteiger charge is -2.32. The van der Waals surface area contributed by atoms with Gasteiger partial charge in [0.15, 0.2) is 0 Å². The molecule has 3 rings (SSSR count). The first-order chi connectivity index (χ1) is 11.2. The average molecular weight is 314 g/mol. The van der Waals surface area contributed by atoms with Crippen LogP contribution in [0.1, 0.15) is 28.9 Å². The number of amides is 1. The minimum Gasteiger partial charge on any atom is -0.497 e. The van der Waals surface area contributed by atoms with Crippen molar-refractivity contribution in [2.45, 2.75) is 19.3 Å². The predicted octanol–water partition coefficient (Wildman–Crippen LogP) is 1.92. The van der Waals surface area contributed by atoms with Gasteiger partial charge in [-0.1, -0.05) is 17.3 Å². The third kappa shape index (κ3) is 3.52. The first-order valence-electron chi connectivity index (χ1n) is 7.94. The van der Waals surface area contributed by atoms with Gasteiger partial charge < -0.3 is 9.64 Å². The first kappa shape index (κ1) is 15.5. The highest BCUT2D eigenvalue weighted by Crippen LogP contribution is 2.23. The fraction of sp³-hybridized carbons (Fsp3) is 0.471. The van der Waals surface area contributed by atoms with Crippen LogP contribution in [0.25, 0.3) is 0 Å². The van der Waals surface area contributed by atoms with Crippen LogP contribution in [0, 0.1) is 5.92 Å². The molecule has 1 amide bonds. The highest BCUT2D eigenvalue weighted by molar-refractivity contribution is 5.92. The van der Waals surface area contributed by atoms with Gasteiger partial charge in [0, 0.05) is 20.1 Å². The SMILES string of the molecule is COc1ccc(CC2CCCN(C(=O)c3cnnn3C)C2)cc1. The predicted molar refractivity (Wildman–Crippen MR) is 86.3 cm³/mol. The molecule has 1 aromatic heterocycles. The maximum atomic E-state index is 12.6. The van der Waals surface area contributed by atoms with Crippen LogP contribution in [0.2, 0.25) is 0 Å². The van der Waals surface area contributed by atoms with E-state index in [0.29, 0.717) is 11.6 Å². The second kappa shape index (κ2) is 6.81. The summed E-state index contributed by atoms with van der Waals surface area (Å²) < 4.78 is 6.73. The largest absolute Gasteiger partial charge is 0.497 e. The molecule has 1 saturated heterocycles. The molecule has 0 aliphatic carbocycles. The molecular formula is C17H22N4O2. The van der Waals surface area contributed by atoms with Crippen molar-refractivity contribution >= 4 is 5.91 Å². The van der Waals surface area contributed by atoms with Gasteiger partial charge in [0.1, 0.15) is 11.4 Å². The van der Waals surface area contributed by atoms with Crippen LogP contribution in [0.5, 0.6) is 5.75 Å². The molecule has 122 valence electrons.